The molecule has 1 nitrogen and oxygen atoms in total. The number of aryl methyl sites for hydroxylation is 1. The van der Waals surface area contributed by atoms with Gasteiger partial charge in [-0.25, -0.2) is 4.39 Å². The summed E-state index contributed by atoms with van der Waals surface area (Å²) in [6.45, 7) is 5.06. The maximum Gasteiger partial charge on any atom is 0.123 e. The van der Waals surface area contributed by atoms with Gasteiger partial charge in [0.2, 0.25) is 0 Å². The first kappa shape index (κ1) is 14.7. The number of nitrogens with one attached hydrogen (secondary N) is 1. The molecule has 20 heavy (non-hydrogen) atoms. The lowest BCUT2D eigenvalue weighted by Crippen LogP contribution is -2.23. The van der Waals surface area contributed by atoms with Crippen LogP contribution in [0.3, 0.4) is 0 Å². The van der Waals surface area contributed by atoms with E-state index in [-0.39, 0.29) is 5.82 Å². The molecule has 0 aromatic heterocycles. The van der Waals surface area contributed by atoms with Crippen molar-refractivity contribution in [2.75, 3.05) is 6.54 Å². The van der Waals surface area contributed by atoms with Gasteiger partial charge >= 0.3 is 0 Å². The first-order valence-corrected chi connectivity index (χ1v) is 7.24. The molecular weight excluding hydrogens is 249 g/mol. The van der Waals surface area contributed by atoms with Crippen LogP contribution in [0.15, 0.2) is 48.5 Å². The first-order valence-electron chi connectivity index (χ1n) is 7.24. The number of hydrogen-bond donors (Lipinski definition) is 1. The lowest BCUT2D eigenvalue weighted by atomic mass is 10.0. The first-order chi connectivity index (χ1) is 9.70. The smallest absolute Gasteiger partial charge is 0.123 e. The molecule has 2 rings (SSSR count). The highest BCUT2D eigenvalue weighted by Crippen LogP contribution is 2.16. The third kappa shape index (κ3) is 3.91. The van der Waals surface area contributed by atoms with Crippen LogP contribution in [0.4, 0.5) is 4.39 Å². The van der Waals surface area contributed by atoms with Crippen molar-refractivity contribution in [1.29, 1.82) is 0 Å². The quantitative estimate of drug-likeness (QED) is 0.820. The predicted octanol–water partition coefficient (Wildman–Crippen LogP) is 4.42. The van der Waals surface area contributed by atoms with E-state index in [2.05, 4.69) is 36.5 Å². The maximum absolute atomic E-state index is 13.1. The normalized spacial score (nSPS) is 12.3. The van der Waals surface area contributed by atoms with Crippen LogP contribution in [-0.4, -0.2) is 6.54 Å². The van der Waals surface area contributed by atoms with Crippen molar-refractivity contribution < 1.29 is 4.39 Å². The van der Waals surface area contributed by atoms with Crippen molar-refractivity contribution in [3.8, 4) is 0 Å². The second-order valence-electron chi connectivity index (χ2n) is 5.15. The average molecular weight is 271 g/mol. The van der Waals surface area contributed by atoms with Gasteiger partial charge in [0.25, 0.3) is 0 Å². The molecular formula is C18H22FN. The molecule has 0 saturated carbocycles. The zero-order valence-corrected chi connectivity index (χ0v) is 12.2. The summed E-state index contributed by atoms with van der Waals surface area (Å²) < 4.78 is 13.1. The monoisotopic (exact) mass is 271 g/mol. The fraction of sp³-hybridized carbons (Fsp3) is 0.333. The van der Waals surface area contributed by atoms with E-state index in [1.54, 1.807) is 6.07 Å². The van der Waals surface area contributed by atoms with E-state index < -0.39 is 0 Å². The fourth-order valence-corrected chi connectivity index (χ4v) is 2.50. The van der Waals surface area contributed by atoms with Crippen LogP contribution >= 0.6 is 0 Å². The van der Waals surface area contributed by atoms with Crippen molar-refractivity contribution in [3.05, 3.63) is 71.0 Å². The summed E-state index contributed by atoms with van der Waals surface area (Å²) in [6.07, 6.45) is 1.99. The lowest BCUT2D eigenvalue weighted by Gasteiger charge is -2.17. The topological polar surface area (TPSA) is 12.0 Å². The number of rotatable bonds is 6. The van der Waals surface area contributed by atoms with E-state index in [9.17, 15) is 4.39 Å². The van der Waals surface area contributed by atoms with Gasteiger partial charge < -0.3 is 5.32 Å². The van der Waals surface area contributed by atoms with Gasteiger partial charge in [-0.1, -0.05) is 43.3 Å². The van der Waals surface area contributed by atoms with Crippen LogP contribution in [0.2, 0.25) is 0 Å². The van der Waals surface area contributed by atoms with Gasteiger partial charge in [0, 0.05) is 6.04 Å². The molecule has 0 radical (unpaired) electrons. The van der Waals surface area contributed by atoms with E-state index in [1.165, 1.54) is 17.2 Å². The molecule has 2 aromatic rings. The van der Waals surface area contributed by atoms with Crippen molar-refractivity contribution in [3.63, 3.8) is 0 Å². The molecule has 2 heteroatoms. The second kappa shape index (κ2) is 7.20. The van der Waals surface area contributed by atoms with Gasteiger partial charge in [-0.05, 0) is 55.1 Å². The summed E-state index contributed by atoms with van der Waals surface area (Å²) in [6, 6.07) is 15.9. The Labute approximate surface area is 120 Å². The van der Waals surface area contributed by atoms with Gasteiger partial charge in [0.1, 0.15) is 5.82 Å². The van der Waals surface area contributed by atoms with Gasteiger partial charge in [0.05, 0.1) is 0 Å². The molecule has 0 heterocycles. The molecule has 2 aromatic carbocycles. The number of halogens is 1. The standard InChI is InChI=1S/C18H22FN/c1-3-18(16-7-5-4-6-8-16)20-12-11-15-9-10-17(19)13-14(15)2/h4-10,13,18,20H,3,11-12H2,1-2H3. The molecule has 106 valence electrons. The van der Waals surface area contributed by atoms with Crippen molar-refractivity contribution in [2.45, 2.75) is 32.7 Å². The van der Waals surface area contributed by atoms with E-state index >= 15 is 0 Å². The van der Waals surface area contributed by atoms with Crippen molar-refractivity contribution in [2.24, 2.45) is 0 Å². The Morgan fingerprint density at radius 1 is 1.10 bits per heavy atom. The Morgan fingerprint density at radius 3 is 2.50 bits per heavy atom. The third-order valence-corrected chi connectivity index (χ3v) is 3.70. The minimum Gasteiger partial charge on any atom is -0.310 e. The molecule has 1 N–H and O–H groups in total. The molecule has 0 bridgehead atoms. The Balaban J connectivity index is 1.91. The predicted molar refractivity (Wildman–Crippen MR) is 82.3 cm³/mol. The molecule has 0 saturated heterocycles. The Bertz CT molecular complexity index is 536. The van der Waals surface area contributed by atoms with Crippen LogP contribution in [-0.2, 0) is 6.42 Å². The molecule has 0 aliphatic heterocycles. The average Bonchev–Trinajstić information content (AvgIpc) is 2.46. The zero-order valence-electron chi connectivity index (χ0n) is 12.2. The highest BCUT2D eigenvalue weighted by atomic mass is 19.1. The Morgan fingerprint density at radius 2 is 1.85 bits per heavy atom. The molecule has 0 fully saturated rings. The van der Waals surface area contributed by atoms with E-state index in [1.807, 2.05) is 19.1 Å². The Hall–Kier alpha value is -1.67. The number of benzene rings is 2. The Kier molecular flexibility index (Phi) is 5.31. The minimum atomic E-state index is -0.157. The van der Waals surface area contributed by atoms with Gasteiger partial charge in [-0.15, -0.1) is 0 Å². The van der Waals surface area contributed by atoms with E-state index in [0.29, 0.717) is 6.04 Å². The molecule has 1 unspecified atom stereocenters. The molecule has 0 amide bonds. The zero-order chi connectivity index (χ0) is 14.4. The van der Waals surface area contributed by atoms with Gasteiger partial charge in [-0.3, -0.25) is 0 Å². The van der Waals surface area contributed by atoms with E-state index in [4.69, 9.17) is 0 Å². The highest BCUT2D eigenvalue weighted by molar-refractivity contribution is 5.27. The summed E-state index contributed by atoms with van der Waals surface area (Å²) in [4.78, 5) is 0. The summed E-state index contributed by atoms with van der Waals surface area (Å²) in [5.74, 6) is -0.157. The van der Waals surface area contributed by atoms with Crippen molar-refractivity contribution >= 4 is 0 Å². The van der Waals surface area contributed by atoms with Gasteiger partial charge in [0.15, 0.2) is 0 Å². The summed E-state index contributed by atoms with van der Waals surface area (Å²) in [7, 11) is 0. The molecule has 1 atom stereocenters. The largest absolute Gasteiger partial charge is 0.310 e. The van der Waals surface area contributed by atoms with Crippen LogP contribution in [0.5, 0.6) is 0 Å². The van der Waals surface area contributed by atoms with Gasteiger partial charge in [-0.2, -0.15) is 0 Å². The summed E-state index contributed by atoms with van der Waals surface area (Å²) in [5.41, 5.74) is 3.56. The second-order valence-corrected chi connectivity index (χ2v) is 5.15. The molecule has 0 aliphatic rings. The minimum absolute atomic E-state index is 0.157. The van der Waals surface area contributed by atoms with Crippen LogP contribution in [0.25, 0.3) is 0 Å². The highest BCUT2D eigenvalue weighted by Gasteiger charge is 2.08. The van der Waals surface area contributed by atoms with Crippen molar-refractivity contribution in [1.82, 2.24) is 5.32 Å². The summed E-state index contributed by atoms with van der Waals surface area (Å²) in [5, 5.41) is 3.58. The summed E-state index contributed by atoms with van der Waals surface area (Å²) >= 11 is 0. The fourth-order valence-electron chi connectivity index (χ4n) is 2.50. The van der Waals surface area contributed by atoms with E-state index in [0.717, 1.165) is 24.9 Å². The number of hydrogen-bond acceptors (Lipinski definition) is 1. The van der Waals surface area contributed by atoms with Crippen LogP contribution in [0.1, 0.15) is 36.1 Å². The third-order valence-electron chi connectivity index (χ3n) is 3.70. The van der Waals surface area contributed by atoms with Crippen LogP contribution in [0, 0.1) is 12.7 Å². The molecule has 0 aliphatic carbocycles. The van der Waals surface area contributed by atoms with Crippen LogP contribution < -0.4 is 5.32 Å². The lowest BCUT2D eigenvalue weighted by molar-refractivity contribution is 0.522. The SMILES string of the molecule is CCC(NCCc1ccc(F)cc1C)c1ccccc1. The maximum atomic E-state index is 13.1. The molecule has 0 spiro atoms.